The van der Waals surface area contributed by atoms with Gasteiger partial charge in [-0.15, -0.1) is 0 Å². The Morgan fingerprint density at radius 3 is 2.48 bits per heavy atom. The van der Waals surface area contributed by atoms with E-state index in [1.54, 1.807) is 0 Å². The first kappa shape index (κ1) is 17.1. The first-order valence-electron chi connectivity index (χ1n) is 8.99. The van der Waals surface area contributed by atoms with E-state index in [0.29, 0.717) is 25.7 Å². The van der Waals surface area contributed by atoms with Gasteiger partial charge in [-0.3, -0.25) is 4.79 Å². The summed E-state index contributed by atoms with van der Waals surface area (Å²) in [4.78, 5) is 14.4. The van der Waals surface area contributed by atoms with Crippen LogP contribution in [0.2, 0.25) is 0 Å². The number of carbonyl (C=O) groups is 1. The molecule has 0 saturated carbocycles. The van der Waals surface area contributed by atoms with Crippen molar-refractivity contribution in [3.8, 4) is 0 Å². The summed E-state index contributed by atoms with van der Waals surface area (Å²) in [6.45, 7) is 6.10. The topological polar surface area (TPSA) is 57.2 Å². The predicted molar refractivity (Wildman–Crippen MR) is 84.0 cm³/mol. The molecule has 2 atom stereocenters. The molecule has 3 rings (SSSR count). The van der Waals surface area contributed by atoms with Crippen LogP contribution in [-0.4, -0.2) is 68.8 Å². The van der Waals surface area contributed by atoms with Crippen LogP contribution in [-0.2, 0) is 23.7 Å². The van der Waals surface area contributed by atoms with Crippen molar-refractivity contribution in [1.29, 1.82) is 0 Å². The summed E-state index contributed by atoms with van der Waals surface area (Å²) in [5.74, 6) is 0.501. The van der Waals surface area contributed by atoms with Crippen molar-refractivity contribution in [3.05, 3.63) is 0 Å². The summed E-state index contributed by atoms with van der Waals surface area (Å²) in [6.07, 6.45) is 4.93. The number of nitrogens with zero attached hydrogens (tertiary/aromatic N) is 1. The molecule has 0 aliphatic carbocycles. The highest BCUT2D eigenvalue weighted by molar-refractivity contribution is 5.80. The van der Waals surface area contributed by atoms with Crippen LogP contribution in [0.3, 0.4) is 0 Å². The molecule has 0 radical (unpaired) electrons. The quantitative estimate of drug-likeness (QED) is 0.767. The maximum atomic E-state index is 12.5. The number of amides is 1. The number of hydrogen-bond acceptors (Lipinski definition) is 5. The van der Waals surface area contributed by atoms with Gasteiger partial charge in [-0.1, -0.05) is 0 Å². The minimum absolute atomic E-state index is 0.0654. The fourth-order valence-electron chi connectivity index (χ4n) is 3.56. The summed E-state index contributed by atoms with van der Waals surface area (Å²) in [5.41, 5.74) is 0. The molecule has 6 heteroatoms. The van der Waals surface area contributed by atoms with Gasteiger partial charge in [-0.2, -0.15) is 0 Å². The Morgan fingerprint density at radius 1 is 1.09 bits per heavy atom. The van der Waals surface area contributed by atoms with E-state index in [0.717, 1.165) is 45.4 Å². The fourth-order valence-corrected chi connectivity index (χ4v) is 3.56. The van der Waals surface area contributed by atoms with Gasteiger partial charge in [-0.05, 0) is 39.0 Å². The van der Waals surface area contributed by atoms with Crippen LogP contribution in [0.5, 0.6) is 0 Å². The van der Waals surface area contributed by atoms with E-state index >= 15 is 0 Å². The highest BCUT2D eigenvalue weighted by Gasteiger charge is 2.33. The van der Waals surface area contributed by atoms with Crippen molar-refractivity contribution >= 4 is 5.91 Å². The van der Waals surface area contributed by atoms with E-state index in [4.69, 9.17) is 18.9 Å². The highest BCUT2D eigenvalue weighted by Crippen LogP contribution is 2.26. The molecule has 6 nitrogen and oxygen atoms in total. The van der Waals surface area contributed by atoms with Crippen LogP contribution in [0.15, 0.2) is 0 Å². The molecular weight excluding hydrogens is 298 g/mol. The second-order valence-corrected chi connectivity index (χ2v) is 6.74. The van der Waals surface area contributed by atoms with Crippen molar-refractivity contribution < 1.29 is 23.7 Å². The van der Waals surface area contributed by atoms with Crippen molar-refractivity contribution in [2.24, 2.45) is 5.92 Å². The summed E-state index contributed by atoms with van der Waals surface area (Å²) >= 11 is 0. The number of ether oxygens (including phenoxy) is 4. The molecule has 1 amide bonds. The zero-order valence-electron chi connectivity index (χ0n) is 14.1. The summed E-state index contributed by atoms with van der Waals surface area (Å²) in [5, 5.41) is 0. The number of likely N-dealkylation sites (tertiary alicyclic amines) is 1. The molecule has 3 fully saturated rings. The van der Waals surface area contributed by atoms with E-state index in [1.807, 2.05) is 11.8 Å². The number of rotatable bonds is 5. The summed E-state index contributed by atoms with van der Waals surface area (Å²) in [6, 6.07) is 0. The average Bonchev–Trinajstić information content (AvgIpc) is 3.15. The molecule has 3 aliphatic heterocycles. The van der Waals surface area contributed by atoms with E-state index in [1.165, 1.54) is 6.42 Å². The highest BCUT2D eigenvalue weighted by atomic mass is 16.7. The van der Waals surface area contributed by atoms with Crippen LogP contribution >= 0.6 is 0 Å². The Bertz CT molecular complexity index is 371. The molecule has 0 N–H and O–H groups in total. The smallest absolute Gasteiger partial charge is 0.251 e. The molecule has 0 aromatic rings. The first-order chi connectivity index (χ1) is 11.2. The molecule has 3 saturated heterocycles. The number of hydrogen-bond donors (Lipinski definition) is 0. The normalized spacial score (nSPS) is 28.9. The van der Waals surface area contributed by atoms with Gasteiger partial charge < -0.3 is 23.8 Å². The molecule has 23 heavy (non-hydrogen) atoms. The van der Waals surface area contributed by atoms with Crippen LogP contribution in [0, 0.1) is 5.92 Å². The second kappa shape index (κ2) is 8.42. The average molecular weight is 327 g/mol. The van der Waals surface area contributed by atoms with Gasteiger partial charge in [0.25, 0.3) is 5.91 Å². The van der Waals surface area contributed by atoms with E-state index in [9.17, 15) is 4.79 Å². The molecular formula is C17H29NO5. The minimum Gasteiger partial charge on any atom is -0.376 e. The van der Waals surface area contributed by atoms with Crippen LogP contribution in [0.4, 0.5) is 0 Å². The number of carbonyl (C=O) groups excluding carboxylic acids is 1. The zero-order valence-corrected chi connectivity index (χ0v) is 14.1. The van der Waals surface area contributed by atoms with Crippen LogP contribution in [0.1, 0.15) is 39.0 Å². The maximum absolute atomic E-state index is 12.5. The van der Waals surface area contributed by atoms with Crippen molar-refractivity contribution in [2.45, 2.75) is 57.5 Å². The lowest BCUT2D eigenvalue weighted by atomic mass is 9.96. The lowest BCUT2D eigenvalue weighted by Crippen LogP contribution is -2.46. The second-order valence-electron chi connectivity index (χ2n) is 6.74. The molecule has 0 aromatic heterocycles. The van der Waals surface area contributed by atoms with Crippen LogP contribution < -0.4 is 0 Å². The molecule has 3 heterocycles. The summed E-state index contributed by atoms with van der Waals surface area (Å²) in [7, 11) is 0. The third-order valence-electron chi connectivity index (χ3n) is 5.04. The predicted octanol–water partition coefficient (Wildman–Crippen LogP) is 1.57. The van der Waals surface area contributed by atoms with Gasteiger partial charge in [0.05, 0.1) is 25.9 Å². The van der Waals surface area contributed by atoms with Gasteiger partial charge in [0, 0.05) is 25.6 Å². The third-order valence-corrected chi connectivity index (χ3v) is 5.04. The Balaban J connectivity index is 1.37. The van der Waals surface area contributed by atoms with Gasteiger partial charge in [0.2, 0.25) is 0 Å². The van der Waals surface area contributed by atoms with Crippen LogP contribution in [0.25, 0.3) is 0 Å². The Kier molecular flexibility index (Phi) is 6.28. The minimum atomic E-state index is -0.393. The fraction of sp³-hybridized carbons (Fsp3) is 0.941. The SMILES string of the molecule is CC(OCC1CCCCO1)C(=O)N1CCC(C2OCCO2)CC1. The van der Waals surface area contributed by atoms with Crippen molar-refractivity contribution in [2.75, 3.05) is 39.5 Å². The summed E-state index contributed by atoms with van der Waals surface area (Å²) < 4.78 is 22.6. The van der Waals surface area contributed by atoms with Gasteiger partial charge in [0.1, 0.15) is 6.10 Å². The van der Waals surface area contributed by atoms with Crippen molar-refractivity contribution in [1.82, 2.24) is 4.90 Å². The third kappa shape index (κ3) is 4.66. The largest absolute Gasteiger partial charge is 0.376 e. The Hall–Kier alpha value is -0.690. The standard InChI is InChI=1S/C17H29NO5/c1-13(23-12-15-4-2-3-9-20-15)16(19)18-7-5-14(6-8-18)17-21-10-11-22-17/h13-15,17H,2-12H2,1H3. The zero-order chi connectivity index (χ0) is 16.1. The molecule has 0 bridgehead atoms. The maximum Gasteiger partial charge on any atom is 0.251 e. The van der Waals surface area contributed by atoms with Gasteiger partial charge in [-0.25, -0.2) is 0 Å². The first-order valence-corrected chi connectivity index (χ1v) is 8.99. The van der Waals surface area contributed by atoms with E-state index in [2.05, 4.69) is 0 Å². The molecule has 0 spiro atoms. The lowest BCUT2D eigenvalue weighted by molar-refractivity contribution is -0.150. The van der Waals surface area contributed by atoms with Gasteiger partial charge >= 0.3 is 0 Å². The van der Waals surface area contributed by atoms with E-state index in [-0.39, 0.29) is 18.3 Å². The van der Waals surface area contributed by atoms with Crippen molar-refractivity contribution in [3.63, 3.8) is 0 Å². The Labute approximate surface area is 138 Å². The lowest BCUT2D eigenvalue weighted by Gasteiger charge is -2.35. The molecule has 132 valence electrons. The van der Waals surface area contributed by atoms with E-state index < -0.39 is 6.10 Å². The molecule has 2 unspecified atom stereocenters. The molecule has 0 aromatic carbocycles. The Morgan fingerprint density at radius 2 is 1.83 bits per heavy atom. The molecule has 3 aliphatic rings. The monoisotopic (exact) mass is 327 g/mol. The van der Waals surface area contributed by atoms with Gasteiger partial charge in [0.15, 0.2) is 6.29 Å². The number of piperidine rings is 1.